The van der Waals surface area contributed by atoms with Crippen molar-refractivity contribution < 1.29 is 0 Å². The van der Waals surface area contributed by atoms with Crippen molar-refractivity contribution in [1.82, 2.24) is 0 Å². The highest BCUT2D eigenvalue weighted by molar-refractivity contribution is 7.13. The zero-order valence-corrected chi connectivity index (χ0v) is 13.6. The van der Waals surface area contributed by atoms with Gasteiger partial charge >= 0.3 is 0 Å². The van der Waals surface area contributed by atoms with Crippen LogP contribution in [0, 0.1) is 20.8 Å². The van der Waals surface area contributed by atoms with Crippen LogP contribution in [-0.2, 0) is 0 Å². The Morgan fingerprint density at radius 1 is 0.650 bits per heavy atom. The Bertz CT molecular complexity index is 661. The molecule has 0 saturated heterocycles. The Balaban J connectivity index is 2.10. The normalized spacial score (nSPS) is 11.2. The van der Waals surface area contributed by atoms with Gasteiger partial charge in [-0.2, -0.15) is 0 Å². The molecule has 0 spiro atoms. The van der Waals surface area contributed by atoms with Crippen LogP contribution < -0.4 is 0 Å². The minimum atomic E-state index is 0.382. The molecule has 0 aliphatic rings. The van der Waals surface area contributed by atoms with Gasteiger partial charge in [0.1, 0.15) is 0 Å². The minimum Gasteiger partial charge on any atom is -0.145 e. The van der Waals surface area contributed by atoms with Crippen LogP contribution in [0.25, 0.3) is 0 Å². The largest absolute Gasteiger partial charge is 0.145 e. The summed E-state index contributed by atoms with van der Waals surface area (Å²) in [5.41, 5.74) is 2.71. The van der Waals surface area contributed by atoms with E-state index in [-0.39, 0.29) is 0 Å². The van der Waals surface area contributed by atoms with Gasteiger partial charge in [0.15, 0.2) is 0 Å². The fourth-order valence-electron chi connectivity index (χ4n) is 2.44. The molecule has 0 amide bonds. The maximum Gasteiger partial charge on any atom is 0.0527 e. The Kier molecular flexibility index (Phi) is 3.77. The third-order valence-corrected chi connectivity index (χ3v) is 5.63. The van der Waals surface area contributed by atoms with Gasteiger partial charge in [-0.25, -0.2) is 0 Å². The number of thiophene rings is 2. The maximum atomic E-state index is 2.28. The minimum absolute atomic E-state index is 0.382. The van der Waals surface area contributed by atoms with Gasteiger partial charge in [0.2, 0.25) is 0 Å². The van der Waals surface area contributed by atoms with Crippen LogP contribution in [0.3, 0.4) is 0 Å². The van der Waals surface area contributed by atoms with E-state index in [0.29, 0.717) is 5.92 Å². The van der Waals surface area contributed by atoms with Crippen molar-refractivity contribution in [1.29, 1.82) is 0 Å². The average molecular weight is 298 g/mol. The summed E-state index contributed by atoms with van der Waals surface area (Å²) < 4.78 is 0. The van der Waals surface area contributed by atoms with Crippen LogP contribution in [0.15, 0.2) is 48.5 Å². The number of hydrogen-bond donors (Lipinski definition) is 0. The number of aryl methyl sites for hydroxylation is 3. The van der Waals surface area contributed by atoms with E-state index in [9.17, 15) is 0 Å². The monoisotopic (exact) mass is 298 g/mol. The lowest BCUT2D eigenvalue weighted by Gasteiger charge is -2.15. The highest BCUT2D eigenvalue weighted by atomic mass is 32.1. The van der Waals surface area contributed by atoms with E-state index in [2.05, 4.69) is 69.3 Å². The first-order valence-electron chi connectivity index (χ1n) is 6.83. The van der Waals surface area contributed by atoms with E-state index in [0.717, 1.165) is 0 Å². The van der Waals surface area contributed by atoms with E-state index in [1.807, 2.05) is 22.7 Å². The summed E-state index contributed by atoms with van der Waals surface area (Å²) >= 11 is 3.81. The first kappa shape index (κ1) is 13.6. The maximum absolute atomic E-state index is 2.28. The van der Waals surface area contributed by atoms with Gasteiger partial charge in [-0.15, -0.1) is 22.7 Å². The van der Waals surface area contributed by atoms with Gasteiger partial charge in [0.05, 0.1) is 5.92 Å². The zero-order valence-electron chi connectivity index (χ0n) is 12.0. The molecule has 0 bridgehead atoms. The molecule has 0 saturated carbocycles. The van der Waals surface area contributed by atoms with Gasteiger partial charge in [0.25, 0.3) is 0 Å². The van der Waals surface area contributed by atoms with E-state index < -0.39 is 0 Å². The van der Waals surface area contributed by atoms with Gasteiger partial charge in [-0.05, 0) is 50.6 Å². The summed E-state index contributed by atoms with van der Waals surface area (Å²) in [5.74, 6) is 0.382. The smallest absolute Gasteiger partial charge is 0.0527 e. The summed E-state index contributed by atoms with van der Waals surface area (Å²) in [4.78, 5) is 5.64. The molecule has 0 radical (unpaired) electrons. The van der Waals surface area contributed by atoms with Crippen LogP contribution in [0.1, 0.15) is 36.6 Å². The van der Waals surface area contributed by atoms with E-state index >= 15 is 0 Å². The van der Waals surface area contributed by atoms with Crippen LogP contribution in [-0.4, -0.2) is 0 Å². The topological polar surface area (TPSA) is 0 Å². The molecule has 20 heavy (non-hydrogen) atoms. The third-order valence-electron chi connectivity index (χ3n) is 3.50. The van der Waals surface area contributed by atoms with Crippen LogP contribution in [0.5, 0.6) is 0 Å². The Morgan fingerprint density at radius 3 is 1.55 bits per heavy atom. The second-order valence-corrected chi connectivity index (χ2v) is 7.88. The predicted octanol–water partition coefficient (Wildman–Crippen LogP) is 5.92. The predicted molar refractivity (Wildman–Crippen MR) is 90.2 cm³/mol. The van der Waals surface area contributed by atoms with Gasteiger partial charge in [-0.1, -0.05) is 29.8 Å². The molecule has 0 fully saturated rings. The van der Waals surface area contributed by atoms with Crippen molar-refractivity contribution in [3.05, 3.63) is 79.2 Å². The van der Waals surface area contributed by atoms with Crippen molar-refractivity contribution in [2.24, 2.45) is 0 Å². The average Bonchev–Trinajstić information content (AvgIpc) is 3.02. The van der Waals surface area contributed by atoms with Crippen molar-refractivity contribution in [3.63, 3.8) is 0 Å². The fourth-order valence-corrected chi connectivity index (χ4v) is 4.57. The van der Waals surface area contributed by atoms with Crippen LogP contribution in [0.4, 0.5) is 0 Å². The summed E-state index contributed by atoms with van der Waals surface area (Å²) in [6.07, 6.45) is 0. The molecule has 0 aliphatic heterocycles. The lowest BCUT2D eigenvalue weighted by atomic mass is 9.95. The highest BCUT2D eigenvalue weighted by Crippen LogP contribution is 2.38. The van der Waals surface area contributed by atoms with Gasteiger partial charge in [0, 0.05) is 19.5 Å². The molecule has 2 heteroatoms. The molecule has 0 atom stereocenters. The Labute approximate surface area is 128 Å². The molecule has 3 rings (SSSR count). The summed E-state index contributed by atoms with van der Waals surface area (Å²) in [5, 5.41) is 0. The SMILES string of the molecule is Cc1ccc(C(c2ccc(C)s2)c2ccc(C)s2)cc1. The van der Waals surface area contributed by atoms with E-state index in [4.69, 9.17) is 0 Å². The van der Waals surface area contributed by atoms with Crippen molar-refractivity contribution >= 4 is 22.7 Å². The number of benzene rings is 1. The Hall–Kier alpha value is -1.38. The Morgan fingerprint density at radius 2 is 1.15 bits per heavy atom. The molecule has 2 heterocycles. The molecular weight excluding hydrogens is 280 g/mol. The summed E-state index contributed by atoms with van der Waals surface area (Å²) in [6, 6.07) is 18.0. The van der Waals surface area contributed by atoms with Crippen molar-refractivity contribution in [3.8, 4) is 0 Å². The molecule has 0 nitrogen and oxygen atoms in total. The first-order valence-corrected chi connectivity index (χ1v) is 8.46. The van der Waals surface area contributed by atoms with E-state index in [1.54, 1.807) is 0 Å². The lowest BCUT2D eigenvalue weighted by molar-refractivity contribution is 1.03. The molecule has 0 aliphatic carbocycles. The van der Waals surface area contributed by atoms with Crippen LogP contribution >= 0.6 is 22.7 Å². The molecule has 102 valence electrons. The summed E-state index contributed by atoms with van der Waals surface area (Å²) in [6.45, 7) is 6.50. The van der Waals surface area contributed by atoms with Crippen LogP contribution in [0.2, 0.25) is 0 Å². The van der Waals surface area contributed by atoms with Crippen molar-refractivity contribution in [2.75, 3.05) is 0 Å². The standard InChI is InChI=1S/C18H18S2/c1-12-4-8-15(9-5-12)18(16-10-6-13(2)19-16)17-11-7-14(3)20-17/h4-11,18H,1-3H3. The van der Waals surface area contributed by atoms with Gasteiger partial charge in [-0.3, -0.25) is 0 Å². The fraction of sp³-hybridized carbons (Fsp3) is 0.222. The van der Waals surface area contributed by atoms with Gasteiger partial charge < -0.3 is 0 Å². The molecule has 3 aromatic rings. The highest BCUT2D eigenvalue weighted by Gasteiger charge is 2.19. The van der Waals surface area contributed by atoms with E-state index in [1.165, 1.54) is 30.6 Å². The second-order valence-electron chi connectivity index (χ2n) is 5.24. The lowest BCUT2D eigenvalue weighted by Crippen LogP contribution is -1.98. The summed E-state index contributed by atoms with van der Waals surface area (Å²) in [7, 11) is 0. The molecular formula is C18H18S2. The van der Waals surface area contributed by atoms with Crippen molar-refractivity contribution in [2.45, 2.75) is 26.7 Å². The molecule has 0 N–H and O–H groups in total. The number of hydrogen-bond acceptors (Lipinski definition) is 2. The molecule has 2 aromatic heterocycles. The molecule has 1 aromatic carbocycles. The second kappa shape index (κ2) is 5.55. The quantitative estimate of drug-likeness (QED) is 0.563. The molecule has 0 unspecified atom stereocenters. The number of rotatable bonds is 3. The third kappa shape index (κ3) is 2.72. The zero-order chi connectivity index (χ0) is 14.1. The first-order chi connectivity index (χ1) is 9.63.